The lowest BCUT2D eigenvalue weighted by Gasteiger charge is -2.59. The Kier molecular flexibility index (Phi) is 2.57. The molecule has 2 nitrogen and oxygen atoms in total. The van der Waals surface area contributed by atoms with Crippen LogP contribution in [0.1, 0.15) is 58.8 Å². The predicted octanol–water partition coefficient (Wildman–Crippen LogP) is 3.36. The number of nitrogens with one attached hydrogen (secondary N) is 1. The molecule has 4 bridgehead atoms. The van der Waals surface area contributed by atoms with Crippen molar-refractivity contribution in [1.29, 1.82) is 0 Å². The number of hydrogen-bond donors (Lipinski definition) is 1. The molecule has 0 spiro atoms. The molecular formula is C17H27NO. The van der Waals surface area contributed by atoms with Gasteiger partial charge in [0.25, 0.3) is 0 Å². The van der Waals surface area contributed by atoms with Crippen molar-refractivity contribution >= 4 is 5.91 Å². The highest BCUT2D eigenvalue weighted by Gasteiger charge is 2.53. The van der Waals surface area contributed by atoms with Gasteiger partial charge in [-0.15, -0.1) is 0 Å². The van der Waals surface area contributed by atoms with Crippen molar-refractivity contribution in [2.45, 2.75) is 64.8 Å². The highest BCUT2D eigenvalue weighted by molar-refractivity contribution is 5.81. The van der Waals surface area contributed by atoms with Gasteiger partial charge in [0.15, 0.2) is 0 Å². The van der Waals surface area contributed by atoms with Crippen LogP contribution in [0, 0.1) is 35.0 Å². The van der Waals surface area contributed by atoms with E-state index in [0.717, 1.165) is 24.2 Å². The van der Waals surface area contributed by atoms with Crippen molar-refractivity contribution in [2.24, 2.45) is 35.0 Å². The van der Waals surface area contributed by atoms with Crippen LogP contribution in [0.5, 0.6) is 0 Å². The highest BCUT2D eigenvalue weighted by atomic mass is 16.2. The fraction of sp³-hybridized carbons (Fsp3) is 0.941. The normalized spacial score (nSPS) is 52.0. The van der Waals surface area contributed by atoms with Crippen LogP contribution in [0.15, 0.2) is 0 Å². The minimum Gasteiger partial charge on any atom is -0.353 e. The molecule has 0 heterocycles. The first-order valence-corrected chi connectivity index (χ1v) is 8.36. The van der Waals surface area contributed by atoms with Crippen LogP contribution in [-0.2, 0) is 4.79 Å². The largest absolute Gasteiger partial charge is 0.353 e. The van der Waals surface area contributed by atoms with Gasteiger partial charge in [-0.1, -0.05) is 6.92 Å². The van der Waals surface area contributed by atoms with Gasteiger partial charge in [0.2, 0.25) is 5.91 Å². The van der Waals surface area contributed by atoms with Crippen LogP contribution in [0.25, 0.3) is 0 Å². The summed E-state index contributed by atoms with van der Waals surface area (Å²) in [6.07, 6.45) is 9.74. The van der Waals surface area contributed by atoms with Gasteiger partial charge in [-0.2, -0.15) is 0 Å². The van der Waals surface area contributed by atoms with Crippen molar-refractivity contribution < 1.29 is 4.79 Å². The van der Waals surface area contributed by atoms with Crippen LogP contribution in [0.3, 0.4) is 0 Å². The first-order chi connectivity index (χ1) is 9.06. The van der Waals surface area contributed by atoms with E-state index in [1.165, 1.54) is 38.5 Å². The molecule has 0 saturated heterocycles. The molecule has 3 atom stereocenters. The van der Waals surface area contributed by atoms with Gasteiger partial charge in [0.1, 0.15) is 0 Å². The average Bonchev–Trinajstić information content (AvgIpc) is 3.04. The van der Waals surface area contributed by atoms with E-state index < -0.39 is 0 Å². The third kappa shape index (κ3) is 1.94. The monoisotopic (exact) mass is 261 g/mol. The van der Waals surface area contributed by atoms with E-state index >= 15 is 0 Å². The highest BCUT2D eigenvalue weighted by Crippen LogP contribution is 2.61. The number of carbonyl (C=O) groups excluding carboxylic acids is 1. The molecule has 5 aliphatic rings. The Morgan fingerprint density at radius 3 is 1.95 bits per heavy atom. The second-order valence-corrected chi connectivity index (χ2v) is 8.33. The van der Waals surface area contributed by atoms with Gasteiger partial charge in [-0.3, -0.25) is 4.79 Å². The van der Waals surface area contributed by atoms with Gasteiger partial charge in [0, 0.05) is 12.0 Å². The van der Waals surface area contributed by atoms with Gasteiger partial charge >= 0.3 is 0 Å². The molecule has 1 N–H and O–H groups in total. The Morgan fingerprint density at radius 1 is 1.05 bits per heavy atom. The molecule has 2 heteroatoms. The number of rotatable bonds is 3. The summed E-state index contributed by atoms with van der Waals surface area (Å²) in [7, 11) is 0. The topological polar surface area (TPSA) is 29.1 Å². The third-order valence-electron chi connectivity index (χ3n) is 6.81. The summed E-state index contributed by atoms with van der Waals surface area (Å²) >= 11 is 0. The fourth-order valence-electron chi connectivity index (χ4n) is 5.87. The lowest BCUT2D eigenvalue weighted by molar-refractivity contribution is -0.127. The van der Waals surface area contributed by atoms with E-state index in [2.05, 4.69) is 19.2 Å². The van der Waals surface area contributed by atoms with Crippen molar-refractivity contribution in [3.05, 3.63) is 0 Å². The number of carbonyl (C=O) groups is 1. The van der Waals surface area contributed by atoms with E-state index in [0.29, 0.717) is 29.2 Å². The first-order valence-electron chi connectivity index (χ1n) is 8.36. The molecule has 0 aromatic rings. The molecule has 0 aliphatic heterocycles. The van der Waals surface area contributed by atoms with Crippen molar-refractivity contribution in [1.82, 2.24) is 5.32 Å². The summed E-state index contributed by atoms with van der Waals surface area (Å²) in [6, 6.07) is 0.404. The van der Waals surface area contributed by atoms with E-state index in [1.54, 1.807) is 0 Å². The SMILES string of the molecule is C[C@H](NC(=O)[C@H]1C[C@@H]1C)C12CC3CC(CC(C3)C1)C2. The molecule has 5 saturated carbocycles. The second-order valence-electron chi connectivity index (χ2n) is 8.33. The summed E-state index contributed by atoms with van der Waals surface area (Å²) in [4.78, 5) is 12.2. The summed E-state index contributed by atoms with van der Waals surface area (Å²) < 4.78 is 0. The predicted molar refractivity (Wildman–Crippen MR) is 75.5 cm³/mol. The lowest BCUT2D eigenvalue weighted by atomic mass is 9.48. The molecule has 0 unspecified atom stereocenters. The molecule has 19 heavy (non-hydrogen) atoms. The molecule has 5 aliphatic carbocycles. The zero-order valence-corrected chi connectivity index (χ0v) is 12.3. The van der Waals surface area contributed by atoms with Crippen LogP contribution in [0.2, 0.25) is 0 Å². The summed E-state index contributed by atoms with van der Waals surface area (Å²) in [5.74, 6) is 4.23. The second kappa shape index (κ2) is 3.99. The van der Waals surface area contributed by atoms with Gasteiger partial charge in [-0.05, 0) is 81.0 Å². The van der Waals surface area contributed by atoms with Gasteiger partial charge in [-0.25, -0.2) is 0 Å². The Balaban J connectivity index is 1.47. The zero-order valence-electron chi connectivity index (χ0n) is 12.3. The summed E-state index contributed by atoms with van der Waals surface area (Å²) in [5, 5.41) is 3.39. The number of amides is 1. The third-order valence-corrected chi connectivity index (χ3v) is 6.81. The Morgan fingerprint density at radius 2 is 1.53 bits per heavy atom. The van der Waals surface area contributed by atoms with E-state index in [9.17, 15) is 4.79 Å². The molecule has 1 amide bonds. The van der Waals surface area contributed by atoms with Crippen molar-refractivity contribution in [3.8, 4) is 0 Å². The molecule has 0 aromatic carbocycles. The van der Waals surface area contributed by atoms with Crippen LogP contribution < -0.4 is 5.32 Å². The van der Waals surface area contributed by atoms with E-state index in [4.69, 9.17) is 0 Å². The maximum absolute atomic E-state index is 12.2. The lowest BCUT2D eigenvalue weighted by Crippen LogP contribution is -2.56. The molecule has 0 aromatic heterocycles. The molecular weight excluding hydrogens is 234 g/mol. The summed E-state index contributed by atoms with van der Waals surface area (Å²) in [6.45, 7) is 4.48. The number of hydrogen-bond acceptors (Lipinski definition) is 1. The summed E-state index contributed by atoms with van der Waals surface area (Å²) in [5.41, 5.74) is 0.461. The molecule has 0 radical (unpaired) electrons. The van der Waals surface area contributed by atoms with E-state index in [-0.39, 0.29) is 0 Å². The smallest absolute Gasteiger partial charge is 0.223 e. The minimum absolute atomic E-state index is 0.330. The molecule has 5 rings (SSSR count). The van der Waals surface area contributed by atoms with Gasteiger partial charge in [0.05, 0.1) is 0 Å². The Bertz CT molecular complexity index is 367. The standard InChI is InChI=1S/C17H27NO/c1-10-3-15(10)16(19)18-11(2)17-7-12-4-13(8-17)6-14(5-12)9-17/h10-15H,3-9H2,1-2H3,(H,18,19)/t10-,11-,12?,13?,14?,15-,17?/m0/s1. The molecule has 5 fully saturated rings. The maximum Gasteiger partial charge on any atom is 0.223 e. The Labute approximate surface area is 116 Å². The zero-order chi connectivity index (χ0) is 13.2. The molecule has 106 valence electrons. The average molecular weight is 261 g/mol. The van der Waals surface area contributed by atoms with Crippen LogP contribution in [0.4, 0.5) is 0 Å². The Hall–Kier alpha value is -0.530. The fourth-order valence-corrected chi connectivity index (χ4v) is 5.87. The van der Waals surface area contributed by atoms with E-state index in [1.807, 2.05) is 0 Å². The van der Waals surface area contributed by atoms with Gasteiger partial charge < -0.3 is 5.32 Å². The quantitative estimate of drug-likeness (QED) is 0.829. The van der Waals surface area contributed by atoms with Crippen LogP contribution in [-0.4, -0.2) is 11.9 Å². The van der Waals surface area contributed by atoms with Crippen LogP contribution >= 0.6 is 0 Å². The van der Waals surface area contributed by atoms with Crippen molar-refractivity contribution in [3.63, 3.8) is 0 Å². The minimum atomic E-state index is 0.330. The maximum atomic E-state index is 12.2. The van der Waals surface area contributed by atoms with Crippen molar-refractivity contribution in [2.75, 3.05) is 0 Å². The first kappa shape index (κ1) is 12.2.